The number of nitrogens with one attached hydrogen (secondary N) is 2. The highest BCUT2D eigenvalue weighted by molar-refractivity contribution is 6.06. The van der Waals surface area contributed by atoms with Crippen LogP contribution in [-0.4, -0.2) is 18.8 Å². The van der Waals surface area contributed by atoms with E-state index < -0.39 is 0 Å². The van der Waals surface area contributed by atoms with E-state index in [0.717, 1.165) is 13.1 Å². The van der Waals surface area contributed by atoms with Crippen molar-refractivity contribution < 1.29 is 4.99 Å². The van der Waals surface area contributed by atoms with E-state index in [4.69, 9.17) is 0 Å². The summed E-state index contributed by atoms with van der Waals surface area (Å²) in [5.74, 6) is 0. The molecule has 2 aliphatic carbocycles. The fourth-order valence-corrected chi connectivity index (χ4v) is 4.39. The van der Waals surface area contributed by atoms with E-state index in [1.54, 1.807) is 0 Å². The average Bonchev–Trinajstić information content (AvgIpc) is 2.70. The van der Waals surface area contributed by atoms with E-state index in [1.807, 2.05) is 0 Å². The summed E-state index contributed by atoms with van der Waals surface area (Å²) in [6.45, 7) is 10.8. The molecule has 2 aromatic rings. The summed E-state index contributed by atoms with van der Waals surface area (Å²) in [6.07, 6.45) is 6.84. The summed E-state index contributed by atoms with van der Waals surface area (Å²) >= 11 is 0. The summed E-state index contributed by atoms with van der Waals surface area (Å²) in [7, 11) is 0. The first kappa shape index (κ1) is 18.5. The Morgan fingerprint density at radius 1 is 0.964 bits per heavy atom. The first-order valence-electron chi connectivity index (χ1n) is 10.3. The number of fused-ring (bicyclic) bond motifs is 2. The summed E-state index contributed by atoms with van der Waals surface area (Å²) in [4.78, 5) is 3.48. The molecular weight excluding hydrogens is 340 g/mol. The van der Waals surface area contributed by atoms with E-state index in [9.17, 15) is 0 Å². The Balaban J connectivity index is 2.02. The van der Waals surface area contributed by atoms with Crippen LogP contribution in [0.25, 0.3) is 5.57 Å². The molecule has 2 N–H and O–H groups in total. The number of benzene rings is 2. The van der Waals surface area contributed by atoms with Gasteiger partial charge in [-0.2, -0.15) is 0 Å². The monoisotopic (exact) mass is 369 g/mol. The normalized spacial score (nSPS) is 18.6. The van der Waals surface area contributed by atoms with Crippen LogP contribution >= 0.6 is 0 Å². The van der Waals surface area contributed by atoms with Crippen LogP contribution < -0.4 is 10.3 Å². The minimum atomic E-state index is -0.0696. The summed E-state index contributed by atoms with van der Waals surface area (Å²) < 4.78 is 0. The zero-order valence-electron chi connectivity index (χ0n) is 17.3. The summed E-state index contributed by atoms with van der Waals surface area (Å²) in [5, 5.41) is 3.48. The van der Waals surface area contributed by atoms with Gasteiger partial charge in [0.2, 0.25) is 0 Å². The maximum atomic E-state index is 3.48. The average molecular weight is 370 g/mol. The molecule has 142 valence electrons. The number of hydrogen-bond donors (Lipinski definition) is 2. The van der Waals surface area contributed by atoms with Gasteiger partial charge >= 0.3 is 0 Å². The molecule has 0 atom stereocenters. The third-order valence-corrected chi connectivity index (χ3v) is 5.75. The van der Waals surface area contributed by atoms with Crippen LogP contribution in [0.5, 0.6) is 0 Å². The van der Waals surface area contributed by atoms with Crippen molar-refractivity contribution in [1.82, 2.24) is 0 Å². The van der Waals surface area contributed by atoms with Crippen molar-refractivity contribution in [2.24, 2.45) is 0 Å². The SMILES string of the molecule is CCNc1ccc2c(c1)C(C)(C)C1=CC(=[NH+]CC)C=CC1=C2c1ccccc1. The lowest BCUT2D eigenvalue weighted by Crippen LogP contribution is -2.71. The molecule has 2 aromatic carbocycles. The van der Waals surface area contributed by atoms with Gasteiger partial charge in [-0.15, -0.1) is 0 Å². The lowest BCUT2D eigenvalue weighted by atomic mass is 9.64. The minimum Gasteiger partial charge on any atom is -0.385 e. The number of rotatable bonds is 4. The topological polar surface area (TPSA) is 26.0 Å². The third kappa shape index (κ3) is 3.03. The zero-order chi connectivity index (χ0) is 19.7. The Morgan fingerprint density at radius 3 is 2.46 bits per heavy atom. The fourth-order valence-electron chi connectivity index (χ4n) is 4.39. The smallest absolute Gasteiger partial charge is 0.198 e. The molecule has 28 heavy (non-hydrogen) atoms. The van der Waals surface area contributed by atoms with Crippen molar-refractivity contribution in [2.45, 2.75) is 33.1 Å². The van der Waals surface area contributed by atoms with Gasteiger partial charge in [-0.25, -0.2) is 4.99 Å². The molecule has 0 amide bonds. The van der Waals surface area contributed by atoms with Crippen molar-refractivity contribution in [1.29, 1.82) is 0 Å². The van der Waals surface area contributed by atoms with Crippen molar-refractivity contribution in [3.63, 3.8) is 0 Å². The van der Waals surface area contributed by atoms with Gasteiger partial charge < -0.3 is 5.32 Å². The molecule has 0 saturated heterocycles. The van der Waals surface area contributed by atoms with Gasteiger partial charge in [0.15, 0.2) is 5.71 Å². The fraction of sp³-hybridized carbons (Fsp3) is 0.269. The van der Waals surface area contributed by atoms with Gasteiger partial charge in [0.05, 0.1) is 0 Å². The van der Waals surface area contributed by atoms with E-state index >= 15 is 0 Å². The van der Waals surface area contributed by atoms with Crippen molar-refractivity contribution in [2.75, 3.05) is 18.4 Å². The molecular formula is C26H29N2+. The molecule has 2 nitrogen and oxygen atoms in total. The molecule has 0 aliphatic heterocycles. The predicted molar refractivity (Wildman–Crippen MR) is 120 cm³/mol. The Kier molecular flexibility index (Phi) is 4.80. The largest absolute Gasteiger partial charge is 0.385 e. The molecule has 0 unspecified atom stereocenters. The second-order valence-electron chi connectivity index (χ2n) is 7.95. The molecule has 0 bridgehead atoms. The van der Waals surface area contributed by atoms with Crippen LogP contribution in [0.15, 0.2) is 77.9 Å². The minimum absolute atomic E-state index is 0.0696. The Bertz CT molecular complexity index is 1020. The molecule has 0 fully saturated rings. The molecule has 2 heteroatoms. The Morgan fingerprint density at radius 2 is 1.75 bits per heavy atom. The van der Waals surface area contributed by atoms with Crippen molar-refractivity contribution >= 4 is 17.0 Å². The molecule has 0 heterocycles. The van der Waals surface area contributed by atoms with Crippen LogP contribution in [0.4, 0.5) is 5.69 Å². The van der Waals surface area contributed by atoms with E-state index in [2.05, 4.69) is 105 Å². The van der Waals surface area contributed by atoms with E-state index in [0.29, 0.717) is 0 Å². The van der Waals surface area contributed by atoms with Gasteiger partial charge in [0.1, 0.15) is 6.54 Å². The van der Waals surface area contributed by atoms with Crippen molar-refractivity contribution in [3.8, 4) is 0 Å². The highest BCUT2D eigenvalue weighted by Crippen LogP contribution is 2.50. The van der Waals surface area contributed by atoms with Gasteiger partial charge in [0, 0.05) is 29.8 Å². The van der Waals surface area contributed by atoms with Crippen LogP contribution in [0.2, 0.25) is 0 Å². The van der Waals surface area contributed by atoms with Gasteiger partial charge in [0.25, 0.3) is 0 Å². The number of hydrogen-bond acceptors (Lipinski definition) is 1. The second-order valence-corrected chi connectivity index (χ2v) is 7.95. The standard InChI is InChI=1S/C26H28N2/c1-5-27-19-12-14-21-23(16-19)26(3,4)24-17-20(28-6-2)13-15-22(24)25(21)18-10-8-7-9-11-18/h7-17,27H,5-6H2,1-4H3/p+1. The summed E-state index contributed by atoms with van der Waals surface area (Å²) in [5.41, 5.74) is 10.3. The van der Waals surface area contributed by atoms with E-state index in [1.165, 1.54) is 44.8 Å². The molecule has 0 radical (unpaired) electrons. The highest BCUT2D eigenvalue weighted by Gasteiger charge is 2.38. The lowest BCUT2D eigenvalue weighted by Gasteiger charge is -2.39. The van der Waals surface area contributed by atoms with Crippen LogP contribution in [-0.2, 0) is 5.41 Å². The van der Waals surface area contributed by atoms with Crippen LogP contribution in [0.3, 0.4) is 0 Å². The highest BCUT2D eigenvalue weighted by atomic mass is 14.8. The van der Waals surface area contributed by atoms with Gasteiger partial charge in [-0.1, -0.05) is 50.2 Å². The summed E-state index contributed by atoms with van der Waals surface area (Å²) in [6, 6.07) is 17.6. The Hall–Kier alpha value is -2.87. The predicted octanol–water partition coefficient (Wildman–Crippen LogP) is 4.25. The van der Waals surface area contributed by atoms with Crippen molar-refractivity contribution in [3.05, 3.63) is 94.6 Å². The zero-order valence-corrected chi connectivity index (χ0v) is 17.3. The second kappa shape index (κ2) is 7.27. The molecule has 0 spiro atoms. The van der Waals surface area contributed by atoms with E-state index in [-0.39, 0.29) is 5.41 Å². The lowest BCUT2D eigenvalue weighted by molar-refractivity contribution is -0.450. The maximum absolute atomic E-state index is 3.48. The third-order valence-electron chi connectivity index (χ3n) is 5.75. The number of allylic oxidation sites excluding steroid dienone is 5. The molecule has 0 saturated carbocycles. The molecule has 2 aliphatic rings. The molecule has 0 aromatic heterocycles. The maximum Gasteiger partial charge on any atom is 0.198 e. The first-order valence-corrected chi connectivity index (χ1v) is 10.3. The quantitative estimate of drug-likeness (QED) is 0.828. The Labute approximate surface area is 168 Å². The number of anilines is 1. The van der Waals surface area contributed by atoms with Gasteiger partial charge in [-0.3, -0.25) is 0 Å². The van der Waals surface area contributed by atoms with Crippen LogP contribution in [0, 0.1) is 0 Å². The molecule has 4 rings (SSSR count). The first-order chi connectivity index (χ1) is 13.6. The van der Waals surface area contributed by atoms with Gasteiger partial charge in [-0.05, 0) is 65.5 Å². The van der Waals surface area contributed by atoms with Crippen LogP contribution in [0.1, 0.15) is 44.4 Å².